The summed E-state index contributed by atoms with van der Waals surface area (Å²) in [7, 11) is -9.17. The molecule has 2 aromatic rings. The largest absolute Gasteiger partial charge is 0.744 e. The van der Waals surface area contributed by atoms with Crippen molar-refractivity contribution in [3.8, 4) is 0 Å². The Labute approximate surface area is 208 Å². The third-order valence-electron chi connectivity index (χ3n) is 4.71. The molecular weight excluding hydrogens is 516 g/mol. The Hall–Kier alpha value is -3.20. The minimum Gasteiger partial charge on any atom is -0.744 e. The minimum atomic E-state index is -4.59. The van der Waals surface area contributed by atoms with E-state index >= 15 is 0 Å². The second-order valence-corrected chi connectivity index (χ2v) is 11.4. The molecule has 0 heterocycles. The van der Waals surface area contributed by atoms with Gasteiger partial charge < -0.3 is 18.6 Å². The lowest BCUT2D eigenvalue weighted by Gasteiger charge is -2.21. The Kier molecular flexibility index (Phi) is 8.73. The highest BCUT2D eigenvalue weighted by atomic mass is 32.2. The summed E-state index contributed by atoms with van der Waals surface area (Å²) < 4.78 is 76.2. The summed E-state index contributed by atoms with van der Waals surface area (Å²) in [5.74, 6) is -1.55. The lowest BCUT2D eigenvalue weighted by atomic mass is 10.1. The van der Waals surface area contributed by atoms with E-state index in [1.165, 1.54) is 52.0 Å². The molecule has 12 nitrogen and oxygen atoms in total. The number of esters is 2. The van der Waals surface area contributed by atoms with Crippen molar-refractivity contribution in [2.24, 2.45) is 10.2 Å². The summed E-state index contributed by atoms with van der Waals surface area (Å²) in [6, 6.07) is 9.74. The molecule has 0 amide bonds. The summed E-state index contributed by atoms with van der Waals surface area (Å²) in [6.45, 7) is 5.24. The van der Waals surface area contributed by atoms with Gasteiger partial charge in [0.1, 0.15) is 33.5 Å². The maximum absolute atomic E-state index is 12.5. The van der Waals surface area contributed by atoms with Crippen LogP contribution >= 0.6 is 0 Å². The smallest absolute Gasteiger partial charge is 0.335 e. The molecule has 0 N–H and O–H groups in total. The van der Waals surface area contributed by atoms with Gasteiger partial charge in [-0.05, 0) is 63.1 Å². The van der Waals surface area contributed by atoms with Gasteiger partial charge in [0.2, 0.25) is 0 Å². The zero-order chi connectivity index (χ0) is 27.4. The third kappa shape index (κ3) is 8.19. The van der Waals surface area contributed by atoms with Crippen molar-refractivity contribution in [3.05, 3.63) is 59.7 Å². The first-order chi connectivity index (χ1) is 16.4. The van der Waals surface area contributed by atoms with Crippen LogP contribution in [0, 0.1) is 0 Å². The number of nitrogens with zero attached hydrogens (tertiary/aromatic N) is 2. The molecule has 0 aliphatic heterocycles. The summed E-state index contributed by atoms with van der Waals surface area (Å²) in [5.41, 5.74) is -2.08. The van der Waals surface area contributed by atoms with Crippen LogP contribution in [0.4, 0.5) is 0 Å². The van der Waals surface area contributed by atoms with Crippen molar-refractivity contribution >= 4 is 32.2 Å². The van der Waals surface area contributed by atoms with E-state index in [-0.39, 0.29) is 13.2 Å². The van der Waals surface area contributed by atoms with Crippen LogP contribution in [0.5, 0.6) is 0 Å². The maximum atomic E-state index is 12.5. The van der Waals surface area contributed by atoms with Gasteiger partial charge in [0.05, 0.1) is 9.79 Å². The first-order valence-corrected chi connectivity index (χ1v) is 13.1. The summed E-state index contributed by atoms with van der Waals surface area (Å²) in [5, 5.41) is 7.86. The molecule has 196 valence electrons. The molecule has 0 aliphatic rings. The predicted molar refractivity (Wildman–Crippen MR) is 121 cm³/mol. The molecule has 0 bridgehead atoms. The number of rotatable bonds is 10. The molecule has 0 aliphatic carbocycles. The fraction of sp³-hybridized carbons (Fsp3) is 0.364. The first kappa shape index (κ1) is 29.0. The van der Waals surface area contributed by atoms with Gasteiger partial charge in [0.15, 0.2) is 11.1 Å². The average Bonchev–Trinajstić information content (AvgIpc) is 2.79. The third-order valence-corrected chi connectivity index (χ3v) is 6.41. The van der Waals surface area contributed by atoms with Crippen molar-refractivity contribution in [3.63, 3.8) is 0 Å². The normalized spacial score (nSPS) is 12.9. The zero-order valence-electron chi connectivity index (χ0n) is 19.8. The summed E-state index contributed by atoms with van der Waals surface area (Å²) in [6.07, 6.45) is 0. The predicted octanol–water partition coefficient (Wildman–Crippen LogP) is 2.29. The second kappa shape index (κ2) is 10.8. The highest BCUT2D eigenvalue weighted by Gasteiger charge is 2.34. The highest BCUT2D eigenvalue weighted by molar-refractivity contribution is 7.86. The first-order valence-electron chi connectivity index (χ1n) is 10.3. The van der Waals surface area contributed by atoms with Crippen LogP contribution < -0.4 is 0 Å². The SMILES string of the molecule is CC(C)(N=NC(C)(C)C(=O)OCc1ccc(S(=O)(=O)[O-])cc1)C(=O)OCc1ccc(S(=O)(=O)[O-])cc1. The van der Waals surface area contributed by atoms with Crippen LogP contribution in [0.25, 0.3) is 0 Å². The van der Waals surface area contributed by atoms with Crippen molar-refractivity contribution < 1.29 is 45.0 Å². The molecule has 0 saturated heterocycles. The highest BCUT2D eigenvalue weighted by Crippen LogP contribution is 2.20. The molecule has 2 aromatic carbocycles. The second-order valence-electron chi connectivity index (χ2n) is 8.67. The van der Waals surface area contributed by atoms with Gasteiger partial charge >= 0.3 is 11.9 Å². The van der Waals surface area contributed by atoms with E-state index < -0.39 is 53.0 Å². The lowest BCUT2D eigenvalue weighted by molar-refractivity contribution is -0.152. The van der Waals surface area contributed by atoms with Gasteiger partial charge in [-0.3, -0.25) is 0 Å². The Morgan fingerprint density at radius 1 is 0.667 bits per heavy atom. The van der Waals surface area contributed by atoms with E-state index in [9.17, 15) is 35.5 Å². The number of carbonyl (C=O) groups excluding carboxylic acids is 2. The monoisotopic (exact) mass is 540 g/mol. The van der Waals surface area contributed by atoms with E-state index in [2.05, 4.69) is 10.2 Å². The fourth-order valence-electron chi connectivity index (χ4n) is 2.49. The fourth-order valence-corrected chi connectivity index (χ4v) is 3.43. The topological polar surface area (TPSA) is 192 Å². The quantitative estimate of drug-likeness (QED) is 0.245. The van der Waals surface area contributed by atoms with Gasteiger partial charge in [-0.25, -0.2) is 26.4 Å². The zero-order valence-corrected chi connectivity index (χ0v) is 21.5. The van der Waals surface area contributed by atoms with E-state index in [1.54, 1.807) is 0 Å². The van der Waals surface area contributed by atoms with Gasteiger partial charge in [0.25, 0.3) is 0 Å². The van der Waals surface area contributed by atoms with E-state index in [0.29, 0.717) is 11.1 Å². The number of azo groups is 1. The van der Waals surface area contributed by atoms with Crippen molar-refractivity contribution in [1.82, 2.24) is 0 Å². The Morgan fingerprint density at radius 3 is 1.19 bits per heavy atom. The lowest BCUT2D eigenvalue weighted by Crippen LogP contribution is -2.35. The summed E-state index contributed by atoms with van der Waals surface area (Å²) >= 11 is 0. The molecule has 0 aromatic heterocycles. The molecule has 0 fully saturated rings. The van der Waals surface area contributed by atoms with Crippen molar-refractivity contribution in [2.75, 3.05) is 0 Å². The molecule has 0 unspecified atom stereocenters. The van der Waals surface area contributed by atoms with Gasteiger partial charge in [0, 0.05) is 0 Å². The molecule has 0 saturated carbocycles. The average molecular weight is 541 g/mol. The maximum Gasteiger partial charge on any atom is 0.335 e. The van der Waals surface area contributed by atoms with Gasteiger partial charge in [-0.15, -0.1) is 0 Å². The number of benzene rings is 2. The number of hydrogen-bond acceptors (Lipinski definition) is 12. The Balaban J connectivity index is 1.95. The van der Waals surface area contributed by atoms with Crippen molar-refractivity contribution in [2.45, 2.75) is 61.8 Å². The van der Waals surface area contributed by atoms with E-state index in [0.717, 1.165) is 24.3 Å². The molecule has 0 radical (unpaired) electrons. The standard InChI is InChI=1S/C22H26N2O10S2/c1-21(2,19(25)33-13-15-5-9-17(10-6-15)35(27,28)29)23-24-22(3,4)20(26)34-14-16-7-11-18(12-8-16)36(30,31)32/h5-12H,13-14H2,1-4H3,(H,27,28,29)(H,30,31,32)/p-2. The Bertz CT molecular complexity index is 1240. The molecule has 2 rings (SSSR count). The van der Waals surface area contributed by atoms with Crippen molar-refractivity contribution in [1.29, 1.82) is 0 Å². The van der Waals surface area contributed by atoms with Crippen LogP contribution in [-0.2, 0) is 52.5 Å². The molecule has 0 spiro atoms. The number of carbonyl (C=O) groups is 2. The van der Waals surface area contributed by atoms with Crippen LogP contribution in [0.3, 0.4) is 0 Å². The molecular formula is C22H24N2O10S2-2. The number of ether oxygens (including phenoxy) is 2. The molecule has 0 atom stereocenters. The van der Waals surface area contributed by atoms with Crippen LogP contribution in [-0.4, -0.2) is 49.0 Å². The van der Waals surface area contributed by atoms with Gasteiger partial charge in [-0.1, -0.05) is 24.3 Å². The summed E-state index contributed by atoms with van der Waals surface area (Å²) in [4.78, 5) is 24.1. The van der Waals surface area contributed by atoms with E-state index in [4.69, 9.17) is 9.47 Å². The minimum absolute atomic E-state index is 0.213. The molecule has 36 heavy (non-hydrogen) atoms. The molecule has 14 heteroatoms. The number of hydrogen-bond donors (Lipinski definition) is 0. The van der Waals surface area contributed by atoms with Gasteiger partial charge in [-0.2, -0.15) is 10.2 Å². The van der Waals surface area contributed by atoms with Crippen LogP contribution in [0.2, 0.25) is 0 Å². The van der Waals surface area contributed by atoms with E-state index in [1.807, 2.05) is 0 Å². The Morgan fingerprint density at radius 2 is 0.944 bits per heavy atom. The van der Waals surface area contributed by atoms with Crippen LogP contribution in [0.1, 0.15) is 38.8 Å². The van der Waals surface area contributed by atoms with Crippen LogP contribution in [0.15, 0.2) is 68.6 Å².